The minimum Gasteiger partial charge on any atom is -0.457 e. The molecule has 2 atom stereocenters. The molecule has 0 spiro atoms. The molecule has 1 radical (unpaired) electrons. The first-order valence-corrected chi connectivity index (χ1v) is 19.5. The van der Waals surface area contributed by atoms with E-state index in [1.54, 1.807) is 0 Å². The number of fused-ring (bicyclic) bond motifs is 2. The van der Waals surface area contributed by atoms with Crippen molar-refractivity contribution in [2.24, 2.45) is 17.3 Å². The summed E-state index contributed by atoms with van der Waals surface area (Å²) in [7, 11) is -0.802. The molecule has 241 valence electrons. The zero-order chi connectivity index (χ0) is 32.4. The third kappa shape index (κ3) is 8.10. The molecule has 1 fully saturated rings. The van der Waals surface area contributed by atoms with Crippen LogP contribution in [0.15, 0.2) is 66.7 Å². The number of hydrogen-bond donors (Lipinski definition) is 1. The van der Waals surface area contributed by atoms with Crippen LogP contribution in [-0.2, 0) is 21.1 Å². The molecule has 0 aromatic heterocycles. The molecule has 0 saturated heterocycles. The van der Waals surface area contributed by atoms with Gasteiger partial charge in [0.2, 0.25) is 14.9 Å². The van der Waals surface area contributed by atoms with Gasteiger partial charge >= 0.3 is 0 Å². The van der Waals surface area contributed by atoms with Gasteiger partial charge in [0.1, 0.15) is 11.5 Å². The van der Waals surface area contributed by atoms with E-state index in [-0.39, 0.29) is 22.7 Å². The third-order valence-electron chi connectivity index (χ3n) is 9.85. The molecule has 1 aliphatic carbocycles. The first-order valence-electron chi connectivity index (χ1n) is 17.1. The number of para-hydroxylation sites is 2. The molecule has 3 aromatic carbocycles. The Morgan fingerprint density at radius 3 is 2.07 bits per heavy atom. The molecular weight excluding hydrogens is 571 g/mol. The summed E-state index contributed by atoms with van der Waals surface area (Å²) in [4.78, 5) is 13.9. The second-order valence-electron chi connectivity index (χ2n) is 15.7. The lowest BCUT2D eigenvalue weighted by Crippen LogP contribution is -2.41. The summed E-state index contributed by atoms with van der Waals surface area (Å²) in [6, 6.07) is 22.9. The topological polar surface area (TPSA) is 47.6 Å². The maximum atomic E-state index is 13.9. The first kappa shape index (κ1) is 33.5. The Hall–Kier alpha value is -2.89. The minimum atomic E-state index is -0.802. The van der Waals surface area contributed by atoms with Gasteiger partial charge in [0.15, 0.2) is 0 Å². The highest BCUT2D eigenvalue weighted by Crippen LogP contribution is 2.46. The summed E-state index contributed by atoms with van der Waals surface area (Å²) in [5, 5.41) is 3.38. The number of carbonyl (C=O) groups excluding carboxylic acids is 1. The zero-order valence-corrected chi connectivity index (χ0v) is 29.8. The summed E-state index contributed by atoms with van der Waals surface area (Å²) in [6.07, 6.45) is 7.99. The fraction of sp³-hybridized carbons (Fsp3) is 0.525. The number of amides is 1. The van der Waals surface area contributed by atoms with E-state index in [2.05, 4.69) is 90.3 Å². The largest absolute Gasteiger partial charge is 0.457 e. The molecule has 5 heteroatoms. The molecule has 4 nitrogen and oxygen atoms in total. The average molecular weight is 625 g/mol. The van der Waals surface area contributed by atoms with Crippen LogP contribution in [0.1, 0.15) is 108 Å². The molecule has 1 amide bonds. The van der Waals surface area contributed by atoms with Crippen molar-refractivity contribution in [3.63, 3.8) is 0 Å². The summed E-state index contributed by atoms with van der Waals surface area (Å²) in [6.45, 7) is 18.4. The Labute approximate surface area is 274 Å². The molecule has 3 aromatic rings. The Morgan fingerprint density at radius 1 is 0.911 bits per heavy atom. The van der Waals surface area contributed by atoms with Crippen LogP contribution >= 0.6 is 0 Å². The Morgan fingerprint density at radius 2 is 1.51 bits per heavy atom. The van der Waals surface area contributed by atoms with Crippen molar-refractivity contribution in [3.05, 3.63) is 89.0 Å². The number of aryl methyl sites for hydroxylation is 1. The highest BCUT2D eigenvalue weighted by Gasteiger charge is 2.39. The van der Waals surface area contributed by atoms with Crippen molar-refractivity contribution < 1.29 is 14.0 Å². The van der Waals surface area contributed by atoms with Gasteiger partial charge in [-0.05, 0) is 90.8 Å². The van der Waals surface area contributed by atoms with Gasteiger partial charge < -0.3 is 14.5 Å². The Kier molecular flexibility index (Phi) is 10.3. The average Bonchev–Trinajstić information content (AvgIpc) is 3.50. The smallest absolute Gasteiger partial charge is 0.225 e. The van der Waals surface area contributed by atoms with Crippen LogP contribution < -0.4 is 10.1 Å². The van der Waals surface area contributed by atoms with Gasteiger partial charge in [0, 0.05) is 29.2 Å². The van der Waals surface area contributed by atoms with Gasteiger partial charge in [-0.1, -0.05) is 103 Å². The number of ether oxygens (including phenoxy) is 1. The molecule has 45 heavy (non-hydrogen) atoms. The quantitative estimate of drug-likeness (QED) is 0.228. The van der Waals surface area contributed by atoms with Gasteiger partial charge in [0.05, 0.1) is 6.10 Å². The van der Waals surface area contributed by atoms with E-state index in [1.807, 2.05) is 36.4 Å². The predicted octanol–water partition coefficient (Wildman–Crippen LogP) is 10.7. The number of hydrogen-bond acceptors (Lipinski definition) is 3. The fourth-order valence-electron chi connectivity index (χ4n) is 7.60. The molecule has 1 aliphatic heterocycles. The van der Waals surface area contributed by atoms with Crippen LogP contribution in [-0.4, -0.2) is 21.1 Å². The van der Waals surface area contributed by atoms with Crippen LogP contribution in [0.4, 0.5) is 5.69 Å². The van der Waals surface area contributed by atoms with Crippen molar-refractivity contribution in [2.75, 3.05) is 5.32 Å². The molecule has 1 saturated carbocycles. The lowest BCUT2D eigenvalue weighted by molar-refractivity contribution is -0.116. The molecule has 1 N–H and O–H groups in total. The van der Waals surface area contributed by atoms with Crippen molar-refractivity contribution in [1.82, 2.24) is 0 Å². The predicted molar refractivity (Wildman–Crippen MR) is 189 cm³/mol. The molecule has 5 rings (SSSR count). The van der Waals surface area contributed by atoms with Crippen LogP contribution in [0, 0.1) is 17.3 Å². The normalized spacial score (nSPS) is 17.0. The van der Waals surface area contributed by atoms with Crippen molar-refractivity contribution >= 4 is 20.6 Å². The molecular formula is C40H54NO3Si. The Balaban J connectivity index is 1.38. The van der Waals surface area contributed by atoms with E-state index in [0.29, 0.717) is 24.4 Å². The third-order valence-corrected chi connectivity index (χ3v) is 10.6. The van der Waals surface area contributed by atoms with Crippen LogP contribution in [0.5, 0.6) is 11.5 Å². The molecule has 1 heterocycles. The Bertz CT molecular complexity index is 1420. The molecule has 0 bridgehead atoms. The zero-order valence-electron chi connectivity index (χ0n) is 28.8. The molecule has 2 unspecified atom stereocenters. The van der Waals surface area contributed by atoms with Crippen molar-refractivity contribution in [2.45, 2.75) is 117 Å². The van der Waals surface area contributed by atoms with E-state index < -0.39 is 9.04 Å². The summed E-state index contributed by atoms with van der Waals surface area (Å²) in [5.74, 6) is 2.79. The summed E-state index contributed by atoms with van der Waals surface area (Å²) < 4.78 is 13.0. The van der Waals surface area contributed by atoms with Crippen molar-refractivity contribution in [1.29, 1.82) is 0 Å². The second-order valence-corrected chi connectivity index (χ2v) is 17.7. The minimum absolute atomic E-state index is 0.0250. The van der Waals surface area contributed by atoms with Crippen LogP contribution in [0.25, 0.3) is 0 Å². The summed E-state index contributed by atoms with van der Waals surface area (Å²) >= 11 is 0. The first-order chi connectivity index (χ1) is 21.3. The lowest BCUT2D eigenvalue weighted by Gasteiger charge is -2.41. The second kappa shape index (κ2) is 13.8. The highest BCUT2D eigenvalue weighted by molar-refractivity contribution is 6.48. The summed E-state index contributed by atoms with van der Waals surface area (Å²) in [5.41, 5.74) is 5.55. The van der Waals surface area contributed by atoms with Crippen LogP contribution in [0.2, 0.25) is 13.1 Å². The van der Waals surface area contributed by atoms with Crippen molar-refractivity contribution in [3.8, 4) is 11.5 Å². The number of rotatable bonds is 10. The lowest BCUT2D eigenvalue weighted by atomic mass is 9.71. The van der Waals surface area contributed by atoms with Gasteiger partial charge in [0.25, 0.3) is 0 Å². The van der Waals surface area contributed by atoms with E-state index >= 15 is 0 Å². The van der Waals surface area contributed by atoms with Gasteiger partial charge in [-0.15, -0.1) is 0 Å². The van der Waals surface area contributed by atoms with E-state index in [1.165, 1.54) is 31.2 Å². The fourth-order valence-corrected chi connectivity index (χ4v) is 8.50. The van der Waals surface area contributed by atoms with E-state index in [9.17, 15) is 4.79 Å². The van der Waals surface area contributed by atoms with Crippen LogP contribution in [0.3, 0.4) is 0 Å². The SMILES string of the molecule is C[Si](C)OC(C1CCCC1)C(CCc1ccc(C(C)(C)C)c(NC(=O)CC2c3ccccc3Oc3ccccc32)c1)C(C)(C)C. The van der Waals surface area contributed by atoms with Gasteiger partial charge in [-0.3, -0.25) is 4.79 Å². The monoisotopic (exact) mass is 624 g/mol. The maximum absolute atomic E-state index is 13.9. The number of anilines is 1. The number of nitrogens with one attached hydrogen (secondary N) is 1. The number of carbonyl (C=O) groups is 1. The van der Waals surface area contributed by atoms with Gasteiger partial charge in [-0.25, -0.2) is 0 Å². The highest BCUT2D eigenvalue weighted by atomic mass is 28.3. The van der Waals surface area contributed by atoms with Gasteiger partial charge in [-0.2, -0.15) is 0 Å². The number of benzene rings is 3. The molecule has 2 aliphatic rings. The van der Waals surface area contributed by atoms with E-state index in [0.717, 1.165) is 46.7 Å². The standard InChI is InChI=1S/C40H54NO3Si/c1-39(2,3)32-23-21-27(22-24-33(40(4,5)6)38(44-45(7)8)28-15-9-10-16-28)25-34(32)41-37(42)26-31-29-17-11-13-19-35(29)43-36-20-14-12-18-30(31)36/h11-14,17-21,23,25,28,31,33,38H,9-10,15-16,22,24,26H2,1-8H3,(H,41,42). The van der Waals surface area contributed by atoms with E-state index in [4.69, 9.17) is 9.16 Å². The maximum Gasteiger partial charge on any atom is 0.225 e.